The normalized spacial score (nSPS) is 21.9. The van der Waals surface area contributed by atoms with Gasteiger partial charge in [-0.2, -0.15) is 0 Å². The number of hydrogen-bond acceptors (Lipinski definition) is 0. The van der Waals surface area contributed by atoms with Gasteiger partial charge in [0.05, 0.1) is 0 Å². The third kappa shape index (κ3) is 3.85. The topological polar surface area (TPSA) is 0 Å². The third-order valence-electron chi connectivity index (χ3n) is 6.54. The van der Waals surface area contributed by atoms with Gasteiger partial charge in [0, 0.05) is 0 Å². The van der Waals surface area contributed by atoms with E-state index in [2.05, 4.69) is 31.2 Å². The van der Waals surface area contributed by atoms with Crippen molar-refractivity contribution in [2.45, 2.75) is 64.2 Å². The molecule has 4 rings (SSSR count). The van der Waals surface area contributed by atoms with Crippen LogP contribution in [-0.4, -0.2) is 0 Å². The summed E-state index contributed by atoms with van der Waals surface area (Å²) >= 11 is 0. The minimum absolute atomic E-state index is 0.294. The molecule has 2 atom stereocenters. The number of rotatable bonds is 4. The van der Waals surface area contributed by atoms with Crippen molar-refractivity contribution >= 4 is 0 Å². The molecule has 0 fully saturated rings. The predicted molar refractivity (Wildman–Crippen MR) is 107 cm³/mol. The summed E-state index contributed by atoms with van der Waals surface area (Å²) in [5.41, 5.74) is 7.05. The molecule has 0 aliphatic heterocycles. The lowest BCUT2D eigenvalue weighted by atomic mass is 9.73. The van der Waals surface area contributed by atoms with Crippen LogP contribution in [0.25, 0.3) is 0 Å². The zero-order valence-corrected chi connectivity index (χ0v) is 16.1. The Kier molecular flexibility index (Phi) is 5.43. The molecule has 2 aliphatic rings. The number of benzene rings is 2. The zero-order valence-electron chi connectivity index (χ0n) is 16.1. The van der Waals surface area contributed by atoms with Gasteiger partial charge in [-0.3, -0.25) is 0 Å². The van der Waals surface area contributed by atoms with Crippen molar-refractivity contribution in [1.82, 2.24) is 0 Å². The molecule has 0 heterocycles. The molecule has 0 nitrogen and oxygen atoms in total. The molecule has 0 aromatic heterocycles. The monoisotopic (exact) mass is 366 g/mol. The van der Waals surface area contributed by atoms with E-state index >= 15 is 0 Å². The van der Waals surface area contributed by atoms with Crippen molar-refractivity contribution in [1.29, 1.82) is 0 Å². The van der Waals surface area contributed by atoms with Gasteiger partial charge in [-0.25, -0.2) is 8.78 Å². The second-order valence-corrected chi connectivity index (χ2v) is 8.21. The Morgan fingerprint density at radius 1 is 0.926 bits per heavy atom. The maximum absolute atomic E-state index is 13.6. The molecular formula is C25H28F2. The van der Waals surface area contributed by atoms with Crippen LogP contribution in [0.5, 0.6) is 0 Å². The SMILES string of the molecule is C/C=C/CCC1CCc2c(ccc3c2CCC(c2ccc(F)c(F)c2)C3)C1. The molecule has 2 aliphatic carbocycles. The van der Waals surface area contributed by atoms with Gasteiger partial charge in [0.25, 0.3) is 0 Å². The molecule has 2 aromatic carbocycles. The molecule has 2 aromatic rings. The Hall–Kier alpha value is -1.96. The fraction of sp³-hybridized carbons (Fsp3) is 0.440. The molecule has 0 saturated carbocycles. The van der Waals surface area contributed by atoms with Crippen LogP contribution in [0.1, 0.15) is 66.3 Å². The highest BCUT2D eigenvalue weighted by molar-refractivity contribution is 5.45. The van der Waals surface area contributed by atoms with E-state index in [1.54, 1.807) is 22.8 Å². The quantitative estimate of drug-likeness (QED) is 0.528. The molecule has 0 amide bonds. The molecule has 2 heteroatoms. The van der Waals surface area contributed by atoms with Gasteiger partial charge < -0.3 is 0 Å². The lowest BCUT2D eigenvalue weighted by molar-refractivity contribution is 0.427. The van der Waals surface area contributed by atoms with Crippen LogP contribution >= 0.6 is 0 Å². The van der Waals surface area contributed by atoms with Crippen LogP contribution in [0, 0.1) is 17.6 Å². The van der Waals surface area contributed by atoms with Crippen molar-refractivity contribution in [2.24, 2.45) is 5.92 Å². The van der Waals surface area contributed by atoms with E-state index in [1.807, 2.05) is 0 Å². The van der Waals surface area contributed by atoms with Crippen molar-refractivity contribution < 1.29 is 8.78 Å². The van der Waals surface area contributed by atoms with Gasteiger partial charge in [-0.1, -0.05) is 30.4 Å². The van der Waals surface area contributed by atoms with Crippen LogP contribution in [0.4, 0.5) is 8.78 Å². The highest BCUT2D eigenvalue weighted by Gasteiger charge is 2.27. The van der Waals surface area contributed by atoms with Crippen LogP contribution in [-0.2, 0) is 25.7 Å². The molecule has 0 radical (unpaired) electrons. The largest absolute Gasteiger partial charge is 0.204 e. The summed E-state index contributed by atoms with van der Waals surface area (Å²) in [6.07, 6.45) is 13.7. The van der Waals surface area contributed by atoms with Crippen LogP contribution in [0.2, 0.25) is 0 Å². The molecule has 2 unspecified atom stereocenters. The molecule has 0 spiro atoms. The first-order valence-electron chi connectivity index (χ1n) is 10.3. The lowest BCUT2D eigenvalue weighted by Crippen LogP contribution is -2.20. The first kappa shape index (κ1) is 18.4. The maximum Gasteiger partial charge on any atom is 0.159 e. The van der Waals surface area contributed by atoms with Crippen molar-refractivity contribution in [3.05, 3.63) is 81.9 Å². The summed E-state index contributed by atoms with van der Waals surface area (Å²) in [5, 5.41) is 0. The Bertz CT molecular complexity index is 850. The number of halogens is 2. The van der Waals surface area contributed by atoms with E-state index < -0.39 is 11.6 Å². The van der Waals surface area contributed by atoms with Gasteiger partial charge in [0.2, 0.25) is 0 Å². The first-order chi connectivity index (χ1) is 13.2. The summed E-state index contributed by atoms with van der Waals surface area (Å²) in [6, 6.07) is 9.04. The summed E-state index contributed by atoms with van der Waals surface area (Å²) < 4.78 is 26.9. The van der Waals surface area contributed by atoms with Gasteiger partial charge in [0.15, 0.2) is 11.6 Å². The summed E-state index contributed by atoms with van der Waals surface area (Å²) in [4.78, 5) is 0. The van der Waals surface area contributed by atoms with Gasteiger partial charge in [0.1, 0.15) is 0 Å². The highest BCUT2D eigenvalue weighted by Crippen LogP contribution is 2.39. The van der Waals surface area contributed by atoms with Gasteiger partial charge in [-0.15, -0.1) is 0 Å². The number of fused-ring (bicyclic) bond motifs is 3. The van der Waals surface area contributed by atoms with Crippen molar-refractivity contribution in [3.63, 3.8) is 0 Å². The maximum atomic E-state index is 13.6. The Labute approximate surface area is 161 Å². The fourth-order valence-corrected chi connectivity index (χ4v) is 5.04. The molecule has 27 heavy (non-hydrogen) atoms. The Morgan fingerprint density at radius 3 is 2.41 bits per heavy atom. The number of allylic oxidation sites excluding steroid dienone is 2. The molecular weight excluding hydrogens is 338 g/mol. The first-order valence-corrected chi connectivity index (χ1v) is 10.3. The number of hydrogen-bond donors (Lipinski definition) is 0. The van der Waals surface area contributed by atoms with E-state index in [-0.39, 0.29) is 0 Å². The molecule has 0 bridgehead atoms. The lowest BCUT2D eigenvalue weighted by Gasteiger charge is -2.32. The third-order valence-corrected chi connectivity index (χ3v) is 6.54. The second kappa shape index (κ2) is 7.96. The smallest absolute Gasteiger partial charge is 0.159 e. The average molecular weight is 366 g/mol. The fourth-order valence-electron chi connectivity index (χ4n) is 5.04. The zero-order chi connectivity index (χ0) is 18.8. The van der Waals surface area contributed by atoms with Gasteiger partial charge in [-0.05, 0) is 110 Å². The Balaban J connectivity index is 1.51. The molecule has 0 N–H and O–H groups in total. The summed E-state index contributed by atoms with van der Waals surface area (Å²) in [5.74, 6) is -0.381. The van der Waals surface area contributed by atoms with Crippen LogP contribution in [0.3, 0.4) is 0 Å². The van der Waals surface area contributed by atoms with E-state index in [0.29, 0.717) is 5.92 Å². The van der Waals surface area contributed by atoms with Crippen LogP contribution in [0.15, 0.2) is 42.5 Å². The second-order valence-electron chi connectivity index (χ2n) is 8.21. The summed E-state index contributed by atoms with van der Waals surface area (Å²) in [7, 11) is 0. The van der Waals surface area contributed by atoms with Crippen molar-refractivity contribution in [2.75, 3.05) is 0 Å². The summed E-state index contributed by atoms with van der Waals surface area (Å²) in [6.45, 7) is 2.09. The van der Waals surface area contributed by atoms with E-state index in [1.165, 1.54) is 49.8 Å². The van der Waals surface area contributed by atoms with Crippen molar-refractivity contribution in [3.8, 4) is 0 Å². The Morgan fingerprint density at radius 2 is 1.67 bits per heavy atom. The average Bonchev–Trinajstić information content (AvgIpc) is 2.69. The highest BCUT2D eigenvalue weighted by atomic mass is 19.2. The van der Waals surface area contributed by atoms with E-state index in [9.17, 15) is 8.78 Å². The van der Waals surface area contributed by atoms with Crippen LogP contribution < -0.4 is 0 Å². The van der Waals surface area contributed by atoms with Gasteiger partial charge >= 0.3 is 0 Å². The molecule has 0 saturated heterocycles. The standard InChI is InChI=1S/C25H28F2/c1-2-3-4-5-17-6-11-22-20(14-17)7-8-21-15-18(9-12-23(21)22)19-10-13-24(26)25(27)16-19/h2-3,7-8,10,13,16-18H,4-6,9,11-12,14-15H2,1H3/b3-2+. The van der Waals surface area contributed by atoms with E-state index in [0.717, 1.165) is 30.7 Å². The predicted octanol–water partition coefficient (Wildman–Crippen LogP) is 6.70. The molecule has 142 valence electrons. The van der Waals surface area contributed by atoms with E-state index in [4.69, 9.17) is 0 Å². The minimum Gasteiger partial charge on any atom is -0.204 e. The minimum atomic E-state index is -0.756.